The Balaban J connectivity index is 1.39. The third kappa shape index (κ3) is 8.16. The second kappa shape index (κ2) is 14.6. The molecule has 0 aliphatic carbocycles. The summed E-state index contributed by atoms with van der Waals surface area (Å²) in [5, 5.41) is 0. The van der Waals surface area contributed by atoms with Gasteiger partial charge in [0.25, 0.3) is 5.56 Å². The van der Waals surface area contributed by atoms with Crippen LogP contribution in [0.3, 0.4) is 0 Å². The van der Waals surface area contributed by atoms with Crippen LogP contribution in [-0.2, 0) is 43.7 Å². The van der Waals surface area contributed by atoms with Gasteiger partial charge in [-0.2, -0.15) is 9.88 Å². The zero-order chi connectivity index (χ0) is 30.8. The summed E-state index contributed by atoms with van der Waals surface area (Å²) in [6.07, 6.45) is -0.738. The van der Waals surface area contributed by atoms with Crippen LogP contribution in [0.2, 0.25) is 0 Å². The molecule has 4 rings (SSSR count). The zero-order valence-corrected chi connectivity index (χ0v) is 23.7. The average molecular weight is 593 g/mol. The number of carbonyl (C=O) groups excluding carboxylic acids is 3. The standard InChI is InChI=1S/C29H32N6O8/c1-19(2)23(26(37)41-14-13-40-18-34-17-31-22-24(34)32-27(30)33-25(22)36)35(28(38)42-15-20-9-5-3-6-10-20)29(39)43-16-21-11-7-4-8-12-21/h3-12,17,19,23H,13-16,18H2,1-2H3,(H3,30,32,33,36)/t23-/m1/s1. The van der Waals surface area contributed by atoms with Crippen molar-refractivity contribution in [3.63, 3.8) is 0 Å². The predicted molar refractivity (Wildman–Crippen MR) is 153 cm³/mol. The van der Waals surface area contributed by atoms with Crippen LogP contribution in [-0.4, -0.2) is 61.8 Å². The Morgan fingerprint density at radius 1 is 0.907 bits per heavy atom. The molecular formula is C29H32N6O8. The van der Waals surface area contributed by atoms with Crippen molar-refractivity contribution >= 4 is 35.3 Å². The minimum Gasteiger partial charge on any atom is -0.462 e. The van der Waals surface area contributed by atoms with Crippen LogP contribution in [0.15, 0.2) is 71.8 Å². The number of carbonyl (C=O) groups is 3. The summed E-state index contributed by atoms with van der Waals surface area (Å²) in [6, 6.07) is 16.5. The van der Waals surface area contributed by atoms with E-state index in [-0.39, 0.29) is 50.3 Å². The van der Waals surface area contributed by atoms with Crippen LogP contribution in [0.25, 0.3) is 11.2 Å². The van der Waals surface area contributed by atoms with Gasteiger partial charge in [0.15, 0.2) is 11.2 Å². The molecule has 0 aliphatic heterocycles. The van der Waals surface area contributed by atoms with Gasteiger partial charge in [-0.15, -0.1) is 0 Å². The number of imidazole rings is 1. The molecule has 2 aromatic heterocycles. The maximum atomic E-state index is 13.2. The molecule has 1 atom stereocenters. The lowest BCUT2D eigenvalue weighted by molar-refractivity contribution is -0.152. The number of amides is 2. The van der Waals surface area contributed by atoms with Crippen LogP contribution in [0, 0.1) is 5.92 Å². The van der Waals surface area contributed by atoms with Gasteiger partial charge in [-0.3, -0.25) is 14.3 Å². The molecule has 2 heterocycles. The summed E-state index contributed by atoms with van der Waals surface area (Å²) >= 11 is 0. The second-order valence-electron chi connectivity index (χ2n) is 9.68. The minimum absolute atomic E-state index is 0.0498. The summed E-state index contributed by atoms with van der Waals surface area (Å²) in [5.74, 6) is -1.46. The first-order chi connectivity index (χ1) is 20.7. The van der Waals surface area contributed by atoms with E-state index in [0.29, 0.717) is 16.0 Å². The van der Waals surface area contributed by atoms with Gasteiger partial charge in [0.1, 0.15) is 32.6 Å². The topological polar surface area (TPSA) is 181 Å². The number of nitrogens with zero attached hydrogens (tertiary/aromatic N) is 4. The number of H-pyrrole nitrogens is 1. The van der Waals surface area contributed by atoms with Crippen molar-refractivity contribution in [1.82, 2.24) is 24.4 Å². The number of nitrogen functional groups attached to an aromatic ring is 1. The fourth-order valence-corrected chi connectivity index (χ4v) is 4.07. The number of nitrogens with two attached hydrogens (primary N) is 1. The van der Waals surface area contributed by atoms with Crippen molar-refractivity contribution in [3.8, 4) is 0 Å². The Labute approximate surface area is 246 Å². The molecule has 0 fully saturated rings. The molecule has 0 radical (unpaired) electrons. The van der Waals surface area contributed by atoms with Gasteiger partial charge >= 0.3 is 18.2 Å². The SMILES string of the molecule is CC(C)[C@H](C(=O)OCCOCn1cnc2c(=O)[nH]c(N)nc21)N(C(=O)OCc1ccccc1)C(=O)OCc1ccccc1. The van der Waals surface area contributed by atoms with Crippen LogP contribution in [0.1, 0.15) is 25.0 Å². The van der Waals surface area contributed by atoms with Gasteiger partial charge in [0.05, 0.1) is 12.9 Å². The minimum atomic E-state index is -1.34. The van der Waals surface area contributed by atoms with Gasteiger partial charge in [-0.05, 0) is 17.0 Å². The number of fused-ring (bicyclic) bond motifs is 1. The molecule has 0 unspecified atom stereocenters. The van der Waals surface area contributed by atoms with Crippen LogP contribution in [0.4, 0.5) is 15.5 Å². The lowest BCUT2D eigenvalue weighted by atomic mass is 10.0. The molecular weight excluding hydrogens is 560 g/mol. The maximum absolute atomic E-state index is 13.2. The normalized spacial score (nSPS) is 11.7. The lowest BCUT2D eigenvalue weighted by Gasteiger charge is -2.29. The summed E-state index contributed by atoms with van der Waals surface area (Å²) in [6.45, 7) is 2.78. The third-order valence-corrected chi connectivity index (χ3v) is 6.15. The van der Waals surface area contributed by atoms with Crippen molar-refractivity contribution < 1.29 is 33.3 Å². The number of anilines is 1. The van der Waals surface area contributed by atoms with Crippen LogP contribution >= 0.6 is 0 Å². The Kier molecular flexibility index (Phi) is 10.4. The van der Waals surface area contributed by atoms with Gasteiger partial charge in [-0.25, -0.2) is 19.4 Å². The Hall–Kier alpha value is -5.24. The lowest BCUT2D eigenvalue weighted by Crippen LogP contribution is -2.52. The monoisotopic (exact) mass is 592 g/mol. The van der Waals surface area contributed by atoms with E-state index in [9.17, 15) is 19.2 Å². The molecule has 4 aromatic rings. The fourth-order valence-electron chi connectivity index (χ4n) is 4.07. The number of ether oxygens (including phenoxy) is 4. The van der Waals surface area contributed by atoms with Crippen molar-refractivity contribution in [2.45, 2.75) is 39.8 Å². The highest BCUT2D eigenvalue weighted by atomic mass is 16.6. The Morgan fingerprint density at radius 3 is 2.05 bits per heavy atom. The number of benzene rings is 2. The molecule has 0 saturated heterocycles. The number of hydrogen-bond acceptors (Lipinski definition) is 11. The average Bonchev–Trinajstić information content (AvgIpc) is 3.40. The smallest absolute Gasteiger partial charge is 0.420 e. The van der Waals surface area contributed by atoms with Gasteiger partial charge in [-0.1, -0.05) is 74.5 Å². The first-order valence-electron chi connectivity index (χ1n) is 13.4. The summed E-state index contributed by atoms with van der Waals surface area (Å²) in [5.41, 5.74) is 6.85. The largest absolute Gasteiger partial charge is 0.462 e. The van der Waals surface area contributed by atoms with E-state index in [2.05, 4.69) is 15.0 Å². The molecule has 43 heavy (non-hydrogen) atoms. The second-order valence-corrected chi connectivity index (χ2v) is 9.68. The molecule has 14 heteroatoms. The molecule has 0 bridgehead atoms. The van der Waals surface area contributed by atoms with E-state index in [4.69, 9.17) is 24.7 Å². The van der Waals surface area contributed by atoms with Crippen LogP contribution in [0.5, 0.6) is 0 Å². The number of aromatic amines is 1. The van der Waals surface area contributed by atoms with E-state index < -0.39 is 35.7 Å². The van der Waals surface area contributed by atoms with Gasteiger partial charge < -0.3 is 24.7 Å². The Morgan fingerprint density at radius 2 is 1.49 bits per heavy atom. The highest BCUT2D eigenvalue weighted by Gasteiger charge is 2.40. The molecule has 2 amide bonds. The van der Waals surface area contributed by atoms with E-state index in [1.807, 2.05) is 12.1 Å². The molecule has 2 aromatic carbocycles. The highest BCUT2D eigenvalue weighted by molar-refractivity contribution is 5.94. The number of esters is 1. The first-order valence-corrected chi connectivity index (χ1v) is 13.4. The number of hydrogen-bond donors (Lipinski definition) is 2. The Bertz CT molecular complexity index is 1530. The van der Waals surface area contributed by atoms with Crippen molar-refractivity contribution in [3.05, 3.63) is 88.5 Å². The predicted octanol–water partition coefficient (Wildman–Crippen LogP) is 3.22. The summed E-state index contributed by atoms with van der Waals surface area (Å²) in [7, 11) is 0. The molecule has 0 aliphatic rings. The number of aromatic nitrogens is 4. The van der Waals surface area contributed by atoms with E-state index in [1.165, 1.54) is 10.9 Å². The van der Waals surface area contributed by atoms with Gasteiger partial charge in [0.2, 0.25) is 5.95 Å². The molecule has 14 nitrogen and oxygen atoms in total. The van der Waals surface area contributed by atoms with E-state index in [1.54, 1.807) is 62.4 Å². The van der Waals surface area contributed by atoms with Gasteiger partial charge in [0, 0.05) is 0 Å². The number of nitrogens with one attached hydrogen (secondary N) is 1. The van der Waals surface area contributed by atoms with Crippen molar-refractivity contribution in [2.24, 2.45) is 5.92 Å². The number of imide groups is 1. The first kappa shape index (κ1) is 30.7. The summed E-state index contributed by atoms with van der Waals surface area (Å²) in [4.78, 5) is 62.6. The van der Waals surface area contributed by atoms with Crippen molar-refractivity contribution in [1.29, 1.82) is 0 Å². The van der Waals surface area contributed by atoms with Crippen molar-refractivity contribution in [2.75, 3.05) is 18.9 Å². The molecule has 0 spiro atoms. The fraction of sp³-hybridized carbons (Fsp3) is 0.310. The van der Waals surface area contributed by atoms with E-state index in [0.717, 1.165) is 0 Å². The van der Waals surface area contributed by atoms with Crippen LogP contribution < -0.4 is 11.3 Å². The maximum Gasteiger partial charge on any atom is 0.420 e. The molecule has 0 saturated carbocycles. The van der Waals surface area contributed by atoms with E-state index >= 15 is 0 Å². The third-order valence-electron chi connectivity index (χ3n) is 6.15. The number of rotatable bonds is 12. The quantitative estimate of drug-likeness (QED) is 0.140. The summed E-state index contributed by atoms with van der Waals surface area (Å²) < 4.78 is 23.2. The highest BCUT2D eigenvalue weighted by Crippen LogP contribution is 2.18. The molecule has 3 N–H and O–H groups in total. The zero-order valence-electron chi connectivity index (χ0n) is 23.7. The molecule has 226 valence electrons.